The third-order valence-electron chi connectivity index (χ3n) is 8.66. The lowest BCUT2D eigenvalue weighted by molar-refractivity contribution is -0.0562. The molecule has 0 spiro atoms. The lowest BCUT2D eigenvalue weighted by Gasteiger charge is -2.19. The second kappa shape index (κ2) is 12.2. The minimum atomic E-state index is -0.675. The van der Waals surface area contributed by atoms with Crippen molar-refractivity contribution in [2.75, 3.05) is 11.9 Å². The van der Waals surface area contributed by atoms with Crippen molar-refractivity contribution in [3.8, 4) is 0 Å². The van der Waals surface area contributed by atoms with E-state index in [0.29, 0.717) is 23.2 Å². The standard InChI is InChI=1S/C36H34N4O5/c1-22-7-11-25(12-8-22)35(41)43-20-31-30(45-36(42)26-13-9-23(2)10-14-26)19-32(44-31)40-18-17-28-33(37-21-38-34(28)40)39-29-16-15-24-5-3-4-6-27(24)29/h3-14,17-18,21,29-32H,15-16,19-20H2,1-2H3,(H,37,38,39)/t29-,30-,31+,32+/m0/s1. The summed E-state index contributed by atoms with van der Waals surface area (Å²) < 4.78 is 20.0. The van der Waals surface area contributed by atoms with Gasteiger partial charge in [0.1, 0.15) is 42.8 Å². The van der Waals surface area contributed by atoms with Crippen molar-refractivity contribution in [1.82, 2.24) is 14.5 Å². The molecular formula is C36H34N4O5. The summed E-state index contributed by atoms with van der Waals surface area (Å²) in [6, 6.07) is 25.0. The number of nitrogens with zero attached hydrogens (tertiary/aromatic N) is 3. The van der Waals surface area contributed by atoms with Crippen molar-refractivity contribution in [3.05, 3.63) is 125 Å². The Kier molecular flexibility index (Phi) is 7.77. The minimum absolute atomic E-state index is 0.0723. The zero-order valence-corrected chi connectivity index (χ0v) is 25.2. The number of carbonyl (C=O) groups is 2. The van der Waals surface area contributed by atoms with Crippen molar-refractivity contribution in [2.24, 2.45) is 0 Å². The summed E-state index contributed by atoms with van der Waals surface area (Å²) >= 11 is 0. The highest BCUT2D eigenvalue weighted by molar-refractivity contribution is 5.90. The SMILES string of the molecule is Cc1ccc(C(=O)OC[C@H]2O[C@@H](n3ccc4c(N[C@H]5CCc6ccccc65)ncnc43)C[C@@H]2OC(=O)c2ccc(C)cc2)cc1. The minimum Gasteiger partial charge on any atom is -0.459 e. The molecule has 45 heavy (non-hydrogen) atoms. The highest BCUT2D eigenvalue weighted by Gasteiger charge is 2.40. The molecule has 0 amide bonds. The third kappa shape index (κ3) is 5.91. The van der Waals surface area contributed by atoms with Gasteiger partial charge >= 0.3 is 11.9 Å². The summed E-state index contributed by atoms with van der Waals surface area (Å²) in [5, 5.41) is 4.50. The first kappa shape index (κ1) is 28.7. The van der Waals surface area contributed by atoms with E-state index in [1.165, 1.54) is 11.1 Å². The van der Waals surface area contributed by atoms with Gasteiger partial charge in [-0.2, -0.15) is 0 Å². The molecule has 1 fully saturated rings. The molecule has 5 aromatic rings. The van der Waals surface area contributed by atoms with E-state index in [1.54, 1.807) is 30.6 Å². The number of benzene rings is 3. The molecule has 9 heteroatoms. The molecule has 1 aliphatic heterocycles. The number of aromatic nitrogens is 3. The first-order valence-corrected chi connectivity index (χ1v) is 15.3. The molecule has 0 radical (unpaired) electrons. The molecule has 3 heterocycles. The zero-order chi connectivity index (χ0) is 30.9. The number of esters is 2. The molecule has 9 nitrogen and oxygen atoms in total. The zero-order valence-electron chi connectivity index (χ0n) is 25.2. The Bertz CT molecular complexity index is 1850. The topological polar surface area (TPSA) is 105 Å². The summed E-state index contributed by atoms with van der Waals surface area (Å²) in [4.78, 5) is 35.1. The smallest absolute Gasteiger partial charge is 0.338 e. The number of hydrogen-bond acceptors (Lipinski definition) is 8. The fourth-order valence-corrected chi connectivity index (χ4v) is 6.16. The van der Waals surface area contributed by atoms with Gasteiger partial charge in [-0.05, 0) is 68.1 Å². The Morgan fingerprint density at radius 2 is 1.62 bits per heavy atom. The van der Waals surface area contributed by atoms with Crippen LogP contribution in [0.2, 0.25) is 0 Å². The number of fused-ring (bicyclic) bond motifs is 2. The van der Waals surface area contributed by atoms with E-state index in [0.717, 1.165) is 35.2 Å². The molecule has 4 atom stereocenters. The number of rotatable bonds is 8. The Balaban J connectivity index is 1.12. The molecule has 1 aliphatic carbocycles. The molecule has 1 saturated heterocycles. The number of carbonyl (C=O) groups excluding carboxylic acids is 2. The quantitative estimate of drug-likeness (QED) is 0.200. The summed E-state index contributed by atoms with van der Waals surface area (Å²) in [7, 11) is 0. The molecule has 1 N–H and O–H groups in total. The number of aryl methyl sites for hydroxylation is 3. The lowest BCUT2D eigenvalue weighted by atomic mass is 10.1. The molecule has 7 rings (SSSR count). The molecule has 228 valence electrons. The molecular weight excluding hydrogens is 568 g/mol. The summed E-state index contributed by atoms with van der Waals surface area (Å²) in [6.45, 7) is 3.84. The summed E-state index contributed by atoms with van der Waals surface area (Å²) in [6.07, 6.45) is 4.01. The van der Waals surface area contributed by atoms with Crippen LogP contribution in [0.15, 0.2) is 91.4 Å². The molecule has 3 aromatic carbocycles. The second-order valence-corrected chi connectivity index (χ2v) is 11.8. The predicted octanol–water partition coefficient (Wildman–Crippen LogP) is 6.52. The van der Waals surface area contributed by atoms with E-state index < -0.39 is 30.4 Å². The Morgan fingerprint density at radius 3 is 2.38 bits per heavy atom. The van der Waals surface area contributed by atoms with Crippen LogP contribution in [0.25, 0.3) is 11.0 Å². The monoisotopic (exact) mass is 602 g/mol. The van der Waals surface area contributed by atoms with Crippen molar-refractivity contribution >= 4 is 28.8 Å². The number of nitrogens with one attached hydrogen (secondary N) is 1. The fourth-order valence-electron chi connectivity index (χ4n) is 6.16. The Labute approximate surface area is 261 Å². The van der Waals surface area contributed by atoms with Crippen LogP contribution in [0.1, 0.15) is 68.1 Å². The number of ether oxygens (including phenoxy) is 3. The Hall–Kier alpha value is -5.02. The van der Waals surface area contributed by atoms with Crippen molar-refractivity contribution in [2.45, 2.75) is 57.6 Å². The maximum atomic E-state index is 13.1. The van der Waals surface area contributed by atoms with Crippen LogP contribution in [0.4, 0.5) is 5.82 Å². The van der Waals surface area contributed by atoms with Gasteiger partial charge in [0.15, 0.2) is 0 Å². The van der Waals surface area contributed by atoms with Gasteiger partial charge in [0.2, 0.25) is 0 Å². The van der Waals surface area contributed by atoms with Crippen LogP contribution in [-0.4, -0.2) is 45.3 Å². The van der Waals surface area contributed by atoms with Crippen molar-refractivity contribution < 1.29 is 23.8 Å². The average Bonchev–Trinajstić information content (AvgIpc) is 3.78. The van der Waals surface area contributed by atoms with Gasteiger partial charge in [-0.15, -0.1) is 0 Å². The second-order valence-electron chi connectivity index (χ2n) is 11.8. The summed E-state index contributed by atoms with van der Waals surface area (Å²) in [5.74, 6) is -0.166. The van der Waals surface area contributed by atoms with Crippen molar-refractivity contribution in [3.63, 3.8) is 0 Å². The van der Waals surface area contributed by atoms with Crippen LogP contribution < -0.4 is 5.32 Å². The molecule has 2 aromatic heterocycles. The van der Waals surface area contributed by atoms with E-state index in [1.807, 2.05) is 54.9 Å². The third-order valence-corrected chi connectivity index (χ3v) is 8.66. The number of hydrogen-bond donors (Lipinski definition) is 1. The van der Waals surface area contributed by atoms with Gasteiger partial charge in [-0.25, -0.2) is 19.6 Å². The van der Waals surface area contributed by atoms with Gasteiger partial charge in [-0.3, -0.25) is 0 Å². The molecule has 0 saturated carbocycles. The number of anilines is 1. The van der Waals surface area contributed by atoms with Gasteiger partial charge in [0.05, 0.1) is 22.6 Å². The fraction of sp³-hybridized carbons (Fsp3) is 0.278. The first-order chi connectivity index (χ1) is 21.9. The molecule has 2 aliphatic rings. The highest BCUT2D eigenvalue weighted by atomic mass is 16.6. The average molecular weight is 603 g/mol. The van der Waals surface area contributed by atoms with E-state index in [4.69, 9.17) is 14.2 Å². The normalized spacial score (nSPS) is 20.6. The first-order valence-electron chi connectivity index (χ1n) is 15.3. The van der Waals surface area contributed by atoms with E-state index >= 15 is 0 Å². The van der Waals surface area contributed by atoms with Crippen LogP contribution in [0.3, 0.4) is 0 Å². The van der Waals surface area contributed by atoms with Crippen molar-refractivity contribution in [1.29, 1.82) is 0 Å². The Morgan fingerprint density at radius 1 is 0.911 bits per heavy atom. The van der Waals surface area contributed by atoms with E-state index in [-0.39, 0.29) is 12.6 Å². The maximum Gasteiger partial charge on any atom is 0.338 e. The van der Waals surface area contributed by atoms with E-state index in [2.05, 4.69) is 39.6 Å². The summed E-state index contributed by atoms with van der Waals surface area (Å²) in [5.41, 5.74) is 6.34. The van der Waals surface area contributed by atoms with Crippen LogP contribution >= 0.6 is 0 Å². The molecule has 0 unspecified atom stereocenters. The van der Waals surface area contributed by atoms with Gasteiger partial charge in [-0.1, -0.05) is 59.7 Å². The van der Waals surface area contributed by atoms with Gasteiger partial charge in [0, 0.05) is 12.6 Å². The predicted molar refractivity (Wildman–Crippen MR) is 169 cm³/mol. The van der Waals surface area contributed by atoms with Gasteiger partial charge < -0.3 is 24.1 Å². The highest BCUT2D eigenvalue weighted by Crippen LogP contribution is 2.37. The van der Waals surface area contributed by atoms with Gasteiger partial charge in [0.25, 0.3) is 0 Å². The van der Waals surface area contributed by atoms with Crippen LogP contribution in [-0.2, 0) is 20.6 Å². The lowest BCUT2D eigenvalue weighted by Crippen LogP contribution is -2.32. The maximum absolute atomic E-state index is 13.1. The van der Waals surface area contributed by atoms with E-state index in [9.17, 15) is 9.59 Å². The van der Waals surface area contributed by atoms with Crippen LogP contribution in [0, 0.1) is 13.8 Å². The largest absolute Gasteiger partial charge is 0.459 e. The van der Waals surface area contributed by atoms with Crippen LogP contribution in [0.5, 0.6) is 0 Å². The molecule has 0 bridgehead atoms.